The van der Waals surface area contributed by atoms with Crippen molar-refractivity contribution in [3.8, 4) is 0 Å². The normalized spacial score (nSPS) is 30.2. The molecule has 1 N–H and O–H groups in total. The van der Waals surface area contributed by atoms with Crippen LogP contribution in [-0.4, -0.2) is 14.9 Å². The summed E-state index contributed by atoms with van der Waals surface area (Å²) >= 11 is 6.15. The lowest BCUT2D eigenvalue weighted by molar-refractivity contribution is 0.0118. The molecule has 1 aromatic rings. The van der Waals surface area contributed by atoms with Gasteiger partial charge in [-0.2, -0.15) is 5.10 Å². The highest BCUT2D eigenvalue weighted by atomic mass is 35.5. The molecule has 3 nitrogen and oxygen atoms in total. The number of aliphatic hydroxyl groups is 1. The first-order valence-electron chi connectivity index (χ1n) is 6.47. The number of hydrogen-bond donors (Lipinski definition) is 1. The first-order chi connectivity index (χ1) is 8.07. The van der Waals surface area contributed by atoms with Gasteiger partial charge in [-0.15, -0.1) is 0 Å². The molecule has 0 aliphatic heterocycles. The van der Waals surface area contributed by atoms with E-state index < -0.39 is 5.60 Å². The molecule has 96 valence electrons. The summed E-state index contributed by atoms with van der Waals surface area (Å²) in [6.07, 6.45) is 7.78. The zero-order chi connectivity index (χ0) is 12.5. The van der Waals surface area contributed by atoms with E-state index in [9.17, 15) is 5.11 Å². The summed E-state index contributed by atoms with van der Waals surface area (Å²) in [5.41, 5.74) is 0.00243. The van der Waals surface area contributed by atoms with Crippen LogP contribution in [0.25, 0.3) is 0 Å². The standard InChI is InChI=1S/C13H21ClN2O/c1-3-10-5-4-7-13(17,8-6-10)12-11(14)9-15-16(12)2/h9-10,17H,3-8H2,1-2H3. The molecule has 0 amide bonds. The minimum absolute atomic E-state index is 0.588. The Hall–Kier alpha value is -0.540. The van der Waals surface area contributed by atoms with Crippen molar-refractivity contribution in [2.45, 2.75) is 51.0 Å². The van der Waals surface area contributed by atoms with Gasteiger partial charge in [0, 0.05) is 7.05 Å². The van der Waals surface area contributed by atoms with Crippen LogP contribution < -0.4 is 0 Å². The van der Waals surface area contributed by atoms with Gasteiger partial charge >= 0.3 is 0 Å². The second kappa shape index (κ2) is 4.99. The van der Waals surface area contributed by atoms with Crippen LogP contribution >= 0.6 is 11.6 Å². The van der Waals surface area contributed by atoms with Crippen LogP contribution in [0.5, 0.6) is 0 Å². The van der Waals surface area contributed by atoms with Gasteiger partial charge in [-0.25, -0.2) is 0 Å². The van der Waals surface area contributed by atoms with E-state index in [-0.39, 0.29) is 0 Å². The smallest absolute Gasteiger partial charge is 0.108 e. The topological polar surface area (TPSA) is 38.1 Å². The molecule has 1 aliphatic carbocycles. The maximum atomic E-state index is 10.8. The summed E-state index contributed by atoms with van der Waals surface area (Å²) in [5.74, 6) is 0.746. The van der Waals surface area contributed by atoms with E-state index in [2.05, 4.69) is 12.0 Å². The molecule has 1 fully saturated rings. The lowest BCUT2D eigenvalue weighted by Gasteiger charge is -2.27. The summed E-state index contributed by atoms with van der Waals surface area (Å²) < 4.78 is 1.72. The van der Waals surface area contributed by atoms with E-state index in [0.717, 1.165) is 37.3 Å². The predicted molar refractivity (Wildman–Crippen MR) is 69.0 cm³/mol. The molecule has 1 aliphatic rings. The largest absolute Gasteiger partial charge is 0.384 e. The van der Waals surface area contributed by atoms with Gasteiger partial charge in [0.2, 0.25) is 0 Å². The molecule has 0 aromatic carbocycles. The summed E-state index contributed by atoms with van der Waals surface area (Å²) in [6, 6.07) is 0. The van der Waals surface area contributed by atoms with Crippen LogP contribution in [0, 0.1) is 5.92 Å². The van der Waals surface area contributed by atoms with E-state index in [1.807, 2.05) is 7.05 Å². The van der Waals surface area contributed by atoms with Gasteiger partial charge in [0.05, 0.1) is 16.9 Å². The van der Waals surface area contributed by atoms with Crippen LogP contribution in [0.2, 0.25) is 5.02 Å². The Balaban J connectivity index is 2.24. The second-order valence-electron chi connectivity index (χ2n) is 5.20. The molecule has 0 saturated heterocycles. The van der Waals surface area contributed by atoms with E-state index >= 15 is 0 Å². The van der Waals surface area contributed by atoms with Crippen molar-refractivity contribution >= 4 is 11.6 Å². The summed E-state index contributed by atoms with van der Waals surface area (Å²) in [7, 11) is 1.85. The molecule has 1 saturated carbocycles. The van der Waals surface area contributed by atoms with Crippen LogP contribution in [0.3, 0.4) is 0 Å². The van der Waals surface area contributed by atoms with Crippen molar-refractivity contribution in [2.75, 3.05) is 0 Å². The Morgan fingerprint density at radius 1 is 1.53 bits per heavy atom. The lowest BCUT2D eigenvalue weighted by atomic mass is 9.90. The van der Waals surface area contributed by atoms with Gasteiger partial charge in [0.15, 0.2) is 0 Å². The molecule has 1 aromatic heterocycles. The van der Waals surface area contributed by atoms with Gasteiger partial charge in [-0.3, -0.25) is 4.68 Å². The van der Waals surface area contributed by atoms with Crippen molar-refractivity contribution in [1.82, 2.24) is 9.78 Å². The molecule has 0 bridgehead atoms. The van der Waals surface area contributed by atoms with E-state index in [1.54, 1.807) is 10.9 Å². The third-order valence-corrected chi connectivity index (χ3v) is 4.36. The highest BCUT2D eigenvalue weighted by Crippen LogP contribution is 2.40. The molecule has 4 heteroatoms. The van der Waals surface area contributed by atoms with Crippen LogP contribution in [0.4, 0.5) is 0 Å². The van der Waals surface area contributed by atoms with Crippen LogP contribution in [0.1, 0.15) is 51.1 Å². The number of rotatable bonds is 2. The zero-order valence-electron chi connectivity index (χ0n) is 10.6. The average Bonchev–Trinajstić information content (AvgIpc) is 2.53. The number of halogens is 1. The Labute approximate surface area is 108 Å². The quantitative estimate of drug-likeness (QED) is 0.825. The number of hydrogen-bond acceptors (Lipinski definition) is 2. The number of nitrogens with zero attached hydrogens (tertiary/aromatic N) is 2. The molecule has 2 rings (SSSR count). The van der Waals surface area contributed by atoms with Crippen molar-refractivity contribution < 1.29 is 5.11 Å². The van der Waals surface area contributed by atoms with Gasteiger partial charge in [-0.05, 0) is 31.6 Å². The minimum atomic E-state index is -0.785. The van der Waals surface area contributed by atoms with Crippen molar-refractivity contribution in [2.24, 2.45) is 13.0 Å². The molecular weight excluding hydrogens is 236 g/mol. The number of aryl methyl sites for hydroxylation is 1. The van der Waals surface area contributed by atoms with E-state index in [0.29, 0.717) is 5.02 Å². The Morgan fingerprint density at radius 3 is 2.88 bits per heavy atom. The fourth-order valence-electron chi connectivity index (χ4n) is 2.97. The van der Waals surface area contributed by atoms with Crippen LogP contribution in [0.15, 0.2) is 6.20 Å². The highest BCUT2D eigenvalue weighted by Gasteiger charge is 2.36. The fraction of sp³-hybridized carbons (Fsp3) is 0.769. The van der Waals surface area contributed by atoms with Crippen molar-refractivity contribution in [3.63, 3.8) is 0 Å². The third-order valence-electron chi connectivity index (χ3n) is 4.08. The first-order valence-corrected chi connectivity index (χ1v) is 6.85. The van der Waals surface area contributed by atoms with E-state index in [4.69, 9.17) is 11.6 Å². The van der Waals surface area contributed by atoms with Gasteiger partial charge in [0.1, 0.15) is 5.60 Å². The van der Waals surface area contributed by atoms with Crippen molar-refractivity contribution in [1.29, 1.82) is 0 Å². The SMILES string of the molecule is CCC1CCCC(O)(c2c(Cl)cnn2C)CC1. The minimum Gasteiger partial charge on any atom is -0.384 e. The molecule has 2 unspecified atom stereocenters. The van der Waals surface area contributed by atoms with Gasteiger partial charge < -0.3 is 5.11 Å². The highest BCUT2D eigenvalue weighted by molar-refractivity contribution is 6.31. The van der Waals surface area contributed by atoms with E-state index in [1.165, 1.54) is 12.8 Å². The molecular formula is C13H21ClN2O. The molecule has 0 radical (unpaired) electrons. The Morgan fingerprint density at radius 2 is 2.29 bits per heavy atom. The maximum Gasteiger partial charge on any atom is 0.108 e. The summed E-state index contributed by atoms with van der Waals surface area (Å²) in [5, 5.41) is 15.6. The molecule has 1 heterocycles. The Bertz CT molecular complexity index is 371. The number of aromatic nitrogens is 2. The molecule has 17 heavy (non-hydrogen) atoms. The lowest BCUT2D eigenvalue weighted by Crippen LogP contribution is -2.28. The molecule has 2 atom stereocenters. The first kappa shape index (κ1) is 12.9. The summed E-state index contributed by atoms with van der Waals surface area (Å²) in [6.45, 7) is 2.23. The van der Waals surface area contributed by atoms with Crippen molar-refractivity contribution in [3.05, 3.63) is 16.9 Å². The maximum absolute atomic E-state index is 10.8. The summed E-state index contributed by atoms with van der Waals surface area (Å²) in [4.78, 5) is 0. The monoisotopic (exact) mass is 256 g/mol. The van der Waals surface area contributed by atoms with Crippen LogP contribution in [-0.2, 0) is 12.6 Å². The zero-order valence-corrected chi connectivity index (χ0v) is 11.4. The third kappa shape index (κ3) is 2.50. The Kier molecular flexibility index (Phi) is 3.79. The fourth-order valence-corrected chi connectivity index (χ4v) is 3.32. The van der Waals surface area contributed by atoms with Gasteiger partial charge in [-0.1, -0.05) is 31.4 Å². The second-order valence-corrected chi connectivity index (χ2v) is 5.61. The average molecular weight is 257 g/mol. The predicted octanol–water partition coefficient (Wildman–Crippen LogP) is 3.25. The van der Waals surface area contributed by atoms with Gasteiger partial charge in [0.25, 0.3) is 0 Å². The molecule has 0 spiro atoms.